The maximum Gasteiger partial charge on any atom is 0.312 e. The minimum absolute atomic E-state index is 0.238. The number of aromatic nitrogens is 1. The molecule has 0 unspecified atom stereocenters. The van der Waals surface area contributed by atoms with Gasteiger partial charge in [0.1, 0.15) is 6.07 Å². The molecule has 0 saturated heterocycles. The van der Waals surface area contributed by atoms with Crippen LogP contribution in [0.25, 0.3) is 0 Å². The first kappa shape index (κ1) is 8.64. The van der Waals surface area contributed by atoms with Gasteiger partial charge in [0, 0.05) is 6.20 Å². The summed E-state index contributed by atoms with van der Waals surface area (Å²) < 4.78 is 29.4. The molecule has 0 atom stereocenters. The average molecular weight is 184 g/mol. The van der Waals surface area contributed by atoms with Crippen molar-refractivity contribution < 1.29 is 13.0 Å². The summed E-state index contributed by atoms with van der Waals surface area (Å²) in [5.74, 6) is 0. The second-order valence-corrected chi connectivity index (χ2v) is 3.34. The molecule has 0 aliphatic rings. The zero-order valence-electron chi connectivity index (χ0n) is 5.80. The standard InChI is InChI=1S/C6H4N2O3S/c7-3-5-1-2-6(8-4-5)12(9,10)11/h1-2,4H,(H,9,10,11). The average Bonchev–Trinajstić information content (AvgIpc) is 2.03. The fraction of sp³-hybridized carbons (Fsp3) is 0. The van der Waals surface area contributed by atoms with Crippen molar-refractivity contribution in [2.75, 3.05) is 0 Å². The molecule has 6 heteroatoms. The van der Waals surface area contributed by atoms with Crippen LogP contribution < -0.4 is 0 Å². The Bertz CT molecular complexity index is 415. The molecule has 0 aliphatic carbocycles. The summed E-state index contributed by atoms with van der Waals surface area (Å²) in [6.07, 6.45) is 1.07. The van der Waals surface area contributed by atoms with E-state index in [0.29, 0.717) is 0 Å². The fourth-order valence-corrected chi connectivity index (χ4v) is 1.02. The van der Waals surface area contributed by atoms with Gasteiger partial charge in [0.05, 0.1) is 5.56 Å². The summed E-state index contributed by atoms with van der Waals surface area (Å²) in [5.41, 5.74) is 0.238. The van der Waals surface area contributed by atoms with Crippen molar-refractivity contribution in [1.82, 2.24) is 4.98 Å². The molecule has 5 nitrogen and oxygen atoms in total. The Morgan fingerprint density at radius 1 is 1.50 bits per heavy atom. The summed E-state index contributed by atoms with van der Waals surface area (Å²) >= 11 is 0. The van der Waals surface area contributed by atoms with Crippen molar-refractivity contribution in [2.45, 2.75) is 5.03 Å². The molecule has 0 amide bonds. The third-order valence-corrected chi connectivity index (χ3v) is 1.90. The first-order chi connectivity index (χ1) is 5.54. The van der Waals surface area contributed by atoms with E-state index in [1.54, 1.807) is 6.07 Å². The fourth-order valence-electron chi connectivity index (χ4n) is 0.599. The lowest BCUT2D eigenvalue weighted by Crippen LogP contribution is -2.00. The Morgan fingerprint density at radius 2 is 2.17 bits per heavy atom. The number of nitrogens with zero attached hydrogens (tertiary/aromatic N) is 2. The van der Waals surface area contributed by atoms with Crippen LogP contribution in [0.1, 0.15) is 5.56 Å². The zero-order valence-corrected chi connectivity index (χ0v) is 6.61. The Kier molecular flexibility index (Phi) is 2.08. The van der Waals surface area contributed by atoms with Crippen LogP contribution in [0.3, 0.4) is 0 Å². The lowest BCUT2D eigenvalue weighted by molar-refractivity contribution is 0.479. The van der Waals surface area contributed by atoms with E-state index in [9.17, 15) is 8.42 Å². The van der Waals surface area contributed by atoms with Crippen molar-refractivity contribution in [1.29, 1.82) is 5.26 Å². The van der Waals surface area contributed by atoms with Crippen molar-refractivity contribution in [3.63, 3.8) is 0 Å². The molecule has 0 saturated carbocycles. The summed E-state index contributed by atoms with van der Waals surface area (Å²) in [5, 5.41) is 7.87. The molecule has 0 radical (unpaired) electrons. The minimum atomic E-state index is -4.25. The van der Waals surface area contributed by atoms with Crippen LogP contribution in [0.5, 0.6) is 0 Å². The Balaban J connectivity index is 3.20. The lowest BCUT2D eigenvalue weighted by Gasteiger charge is -1.93. The number of pyridine rings is 1. The van der Waals surface area contributed by atoms with Gasteiger partial charge in [-0.15, -0.1) is 0 Å². The zero-order chi connectivity index (χ0) is 9.19. The Morgan fingerprint density at radius 3 is 2.50 bits per heavy atom. The van der Waals surface area contributed by atoms with Gasteiger partial charge in [0.15, 0.2) is 5.03 Å². The summed E-state index contributed by atoms with van der Waals surface area (Å²) in [6, 6.07) is 4.09. The first-order valence-electron chi connectivity index (χ1n) is 2.87. The quantitative estimate of drug-likeness (QED) is 0.629. The predicted molar refractivity (Wildman–Crippen MR) is 38.8 cm³/mol. The van der Waals surface area contributed by atoms with Crippen LogP contribution in [0, 0.1) is 11.3 Å². The highest BCUT2D eigenvalue weighted by Gasteiger charge is 2.09. The third kappa shape index (κ3) is 1.78. The molecule has 62 valence electrons. The van der Waals surface area contributed by atoms with Gasteiger partial charge in [-0.3, -0.25) is 4.55 Å². The van der Waals surface area contributed by atoms with Crippen LogP contribution >= 0.6 is 0 Å². The van der Waals surface area contributed by atoms with E-state index in [4.69, 9.17) is 9.81 Å². The summed E-state index contributed by atoms with van der Waals surface area (Å²) in [6.45, 7) is 0. The number of hydrogen-bond acceptors (Lipinski definition) is 4. The van der Waals surface area contributed by atoms with Gasteiger partial charge in [0.2, 0.25) is 0 Å². The molecule has 0 aliphatic heterocycles. The van der Waals surface area contributed by atoms with E-state index in [0.717, 1.165) is 12.3 Å². The van der Waals surface area contributed by atoms with Crippen molar-refractivity contribution >= 4 is 10.1 Å². The van der Waals surface area contributed by atoms with Crippen molar-refractivity contribution in [2.24, 2.45) is 0 Å². The summed E-state index contributed by atoms with van der Waals surface area (Å²) in [7, 11) is -4.25. The van der Waals surface area contributed by atoms with Crippen LogP contribution in [-0.4, -0.2) is 18.0 Å². The Hall–Kier alpha value is -1.45. The molecule has 0 spiro atoms. The molecule has 0 fully saturated rings. The largest absolute Gasteiger partial charge is 0.312 e. The van der Waals surface area contributed by atoms with Gasteiger partial charge in [-0.1, -0.05) is 0 Å². The highest BCUT2D eigenvalue weighted by Crippen LogP contribution is 2.04. The smallest absolute Gasteiger partial charge is 0.281 e. The molecule has 0 aromatic carbocycles. The molecular formula is C6H4N2O3S. The third-order valence-electron chi connectivity index (χ3n) is 1.13. The van der Waals surface area contributed by atoms with E-state index < -0.39 is 15.1 Å². The van der Waals surface area contributed by atoms with Crippen LogP contribution in [0.15, 0.2) is 23.4 Å². The van der Waals surface area contributed by atoms with E-state index >= 15 is 0 Å². The number of rotatable bonds is 1. The van der Waals surface area contributed by atoms with Crippen molar-refractivity contribution in [3.8, 4) is 6.07 Å². The maximum atomic E-state index is 10.4. The van der Waals surface area contributed by atoms with Crippen LogP contribution in [0.2, 0.25) is 0 Å². The second kappa shape index (κ2) is 2.89. The normalized spacial score (nSPS) is 10.7. The van der Waals surface area contributed by atoms with Crippen LogP contribution in [-0.2, 0) is 10.1 Å². The van der Waals surface area contributed by atoms with E-state index in [1.807, 2.05) is 0 Å². The van der Waals surface area contributed by atoms with Gasteiger partial charge < -0.3 is 0 Å². The minimum Gasteiger partial charge on any atom is -0.281 e. The van der Waals surface area contributed by atoms with Gasteiger partial charge in [-0.25, -0.2) is 4.98 Å². The lowest BCUT2D eigenvalue weighted by atomic mass is 10.3. The molecule has 1 rings (SSSR count). The molecule has 1 N–H and O–H groups in total. The topological polar surface area (TPSA) is 91.0 Å². The Labute approximate surface area is 69.0 Å². The molecule has 1 heterocycles. The SMILES string of the molecule is N#Cc1ccc(S(=O)(=O)O)nc1. The van der Waals surface area contributed by atoms with E-state index in [2.05, 4.69) is 4.98 Å². The van der Waals surface area contributed by atoms with Gasteiger partial charge in [-0.2, -0.15) is 13.7 Å². The molecule has 12 heavy (non-hydrogen) atoms. The van der Waals surface area contributed by atoms with Gasteiger partial charge in [0.25, 0.3) is 0 Å². The molecular weight excluding hydrogens is 180 g/mol. The molecule has 1 aromatic heterocycles. The first-order valence-corrected chi connectivity index (χ1v) is 4.31. The monoisotopic (exact) mass is 184 g/mol. The molecule has 1 aromatic rings. The number of hydrogen-bond donors (Lipinski definition) is 1. The second-order valence-electron chi connectivity index (χ2n) is 1.97. The van der Waals surface area contributed by atoms with Gasteiger partial charge in [-0.05, 0) is 12.1 Å². The van der Waals surface area contributed by atoms with Crippen molar-refractivity contribution in [3.05, 3.63) is 23.9 Å². The number of nitriles is 1. The molecule has 0 bridgehead atoms. The maximum absolute atomic E-state index is 10.4. The summed E-state index contributed by atoms with van der Waals surface area (Å²) in [4.78, 5) is 3.36. The van der Waals surface area contributed by atoms with Crippen LogP contribution in [0.4, 0.5) is 0 Å². The highest BCUT2D eigenvalue weighted by molar-refractivity contribution is 7.85. The predicted octanol–water partition coefficient (Wildman–Crippen LogP) is 0.200. The van der Waals surface area contributed by atoms with E-state index in [1.165, 1.54) is 6.07 Å². The van der Waals surface area contributed by atoms with E-state index in [-0.39, 0.29) is 5.56 Å². The van der Waals surface area contributed by atoms with Gasteiger partial charge >= 0.3 is 10.1 Å². The highest BCUT2D eigenvalue weighted by atomic mass is 32.2.